The quantitative estimate of drug-likeness (QED) is 0.896. The van der Waals surface area contributed by atoms with Crippen molar-refractivity contribution in [2.45, 2.75) is 45.1 Å². The summed E-state index contributed by atoms with van der Waals surface area (Å²) in [6.45, 7) is 5.37. The van der Waals surface area contributed by atoms with Crippen molar-refractivity contribution < 1.29 is 23.0 Å². The van der Waals surface area contributed by atoms with E-state index in [0.717, 1.165) is 0 Å². The zero-order chi connectivity index (χ0) is 14.0. The molecule has 0 saturated carbocycles. The first kappa shape index (κ1) is 14.8. The van der Waals surface area contributed by atoms with Gasteiger partial charge >= 0.3 is 6.18 Å². The Labute approximate surface area is 104 Å². The number of hydrogen-bond acceptors (Lipinski definition) is 2. The van der Waals surface area contributed by atoms with Gasteiger partial charge in [0.05, 0.1) is 12.5 Å². The van der Waals surface area contributed by atoms with Gasteiger partial charge in [0, 0.05) is 5.56 Å². The minimum atomic E-state index is -4.41. The number of alkyl halides is 3. The zero-order valence-corrected chi connectivity index (χ0v) is 10.6. The van der Waals surface area contributed by atoms with Crippen LogP contribution < -0.4 is 4.74 Å². The van der Waals surface area contributed by atoms with E-state index < -0.39 is 24.3 Å². The summed E-state index contributed by atoms with van der Waals surface area (Å²) in [5, 5.41) is 9.63. The fourth-order valence-corrected chi connectivity index (χ4v) is 1.51. The molecule has 0 radical (unpaired) electrons. The summed E-state index contributed by atoms with van der Waals surface area (Å²) < 4.78 is 42.3. The Kier molecular flexibility index (Phi) is 4.27. The molecule has 2 nitrogen and oxygen atoms in total. The smallest absolute Gasteiger partial charge is 0.391 e. The van der Waals surface area contributed by atoms with Crippen LogP contribution in [-0.4, -0.2) is 16.9 Å². The third kappa shape index (κ3) is 4.96. The number of aliphatic hydroxyl groups excluding tert-OH is 1. The van der Waals surface area contributed by atoms with Crippen LogP contribution in [0.1, 0.15) is 38.9 Å². The van der Waals surface area contributed by atoms with Crippen molar-refractivity contribution in [2.24, 2.45) is 0 Å². The van der Waals surface area contributed by atoms with Crippen LogP contribution in [0, 0.1) is 0 Å². The predicted octanol–water partition coefficient (Wildman–Crippen LogP) is 3.85. The van der Waals surface area contributed by atoms with Crippen molar-refractivity contribution in [3.8, 4) is 5.75 Å². The summed E-state index contributed by atoms with van der Waals surface area (Å²) in [6, 6.07) is 6.23. The molecular weight excluding hydrogens is 245 g/mol. The monoisotopic (exact) mass is 262 g/mol. The Morgan fingerprint density at radius 1 is 1.17 bits per heavy atom. The van der Waals surface area contributed by atoms with Crippen LogP contribution in [-0.2, 0) is 0 Å². The molecule has 0 aliphatic carbocycles. The highest BCUT2D eigenvalue weighted by Crippen LogP contribution is 2.34. The van der Waals surface area contributed by atoms with Gasteiger partial charge in [-0.2, -0.15) is 13.2 Å². The second kappa shape index (κ2) is 5.18. The van der Waals surface area contributed by atoms with Crippen LogP contribution in [0.15, 0.2) is 24.3 Å². The lowest BCUT2D eigenvalue weighted by molar-refractivity contribution is -0.154. The molecule has 18 heavy (non-hydrogen) atoms. The van der Waals surface area contributed by atoms with Crippen LogP contribution in [0.3, 0.4) is 0 Å². The molecule has 0 heterocycles. The number of para-hydroxylation sites is 1. The van der Waals surface area contributed by atoms with E-state index in [2.05, 4.69) is 0 Å². The molecule has 1 rings (SSSR count). The van der Waals surface area contributed by atoms with E-state index >= 15 is 0 Å². The van der Waals surface area contributed by atoms with Gasteiger partial charge in [-0.05, 0) is 26.8 Å². The summed E-state index contributed by atoms with van der Waals surface area (Å²) in [7, 11) is 0. The van der Waals surface area contributed by atoms with Crippen LogP contribution in [0.5, 0.6) is 5.75 Å². The van der Waals surface area contributed by atoms with Gasteiger partial charge in [0.15, 0.2) is 0 Å². The van der Waals surface area contributed by atoms with E-state index in [9.17, 15) is 18.3 Å². The lowest BCUT2D eigenvalue weighted by atomic mass is 10.0. The fourth-order valence-electron chi connectivity index (χ4n) is 1.51. The maximum atomic E-state index is 12.3. The molecular formula is C13H17F3O2. The molecule has 0 bridgehead atoms. The van der Waals surface area contributed by atoms with Crippen molar-refractivity contribution in [3.63, 3.8) is 0 Å². The molecule has 0 saturated heterocycles. The number of ether oxygens (including phenoxy) is 1. The number of rotatable bonds is 3. The summed E-state index contributed by atoms with van der Waals surface area (Å²) in [6.07, 6.45) is -7.30. The van der Waals surface area contributed by atoms with Gasteiger partial charge in [-0.1, -0.05) is 18.2 Å². The predicted molar refractivity (Wildman–Crippen MR) is 62.5 cm³/mol. The van der Waals surface area contributed by atoms with E-state index in [4.69, 9.17) is 4.74 Å². The molecule has 0 fully saturated rings. The van der Waals surface area contributed by atoms with Crippen molar-refractivity contribution >= 4 is 0 Å². The Hall–Kier alpha value is -1.23. The molecule has 1 N–H and O–H groups in total. The third-order valence-electron chi connectivity index (χ3n) is 2.12. The van der Waals surface area contributed by atoms with Crippen LogP contribution in [0.4, 0.5) is 13.2 Å². The fraction of sp³-hybridized carbons (Fsp3) is 0.538. The van der Waals surface area contributed by atoms with Gasteiger partial charge in [-0.3, -0.25) is 0 Å². The largest absolute Gasteiger partial charge is 0.488 e. The average Bonchev–Trinajstić information content (AvgIpc) is 2.12. The lowest BCUT2D eigenvalue weighted by Crippen LogP contribution is -2.24. The molecule has 1 unspecified atom stereocenters. The minimum Gasteiger partial charge on any atom is -0.488 e. The van der Waals surface area contributed by atoms with Crippen molar-refractivity contribution in [2.75, 3.05) is 0 Å². The second-order valence-corrected chi connectivity index (χ2v) is 5.09. The minimum absolute atomic E-state index is 0.157. The highest BCUT2D eigenvalue weighted by molar-refractivity contribution is 5.35. The molecule has 5 heteroatoms. The van der Waals surface area contributed by atoms with E-state index in [1.165, 1.54) is 6.07 Å². The molecule has 0 aliphatic heterocycles. The number of benzene rings is 1. The molecule has 1 atom stereocenters. The van der Waals surface area contributed by atoms with Crippen LogP contribution >= 0.6 is 0 Å². The van der Waals surface area contributed by atoms with Crippen molar-refractivity contribution in [3.05, 3.63) is 29.8 Å². The van der Waals surface area contributed by atoms with Crippen molar-refractivity contribution in [1.82, 2.24) is 0 Å². The highest BCUT2D eigenvalue weighted by atomic mass is 19.4. The SMILES string of the molecule is CC(C)(C)Oc1ccccc1C(O)CC(F)(F)F. The standard InChI is InChI=1S/C13H17F3O2/c1-12(2,3)18-11-7-5-4-6-9(11)10(17)8-13(14,15)16/h4-7,10,17H,8H2,1-3H3. The summed E-state index contributed by atoms with van der Waals surface area (Å²) in [5.41, 5.74) is -0.376. The Balaban J connectivity index is 2.95. The molecule has 0 spiro atoms. The van der Waals surface area contributed by atoms with Crippen LogP contribution in [0.2, 0.25) is 0 Å². The summed E-state index contributed by atoms with van der Waals surface area (Å²) >= 11 is 0. The van der Waals surface area contributed by atoms with E-state index in [-0.39, 0.29) is 11.3 Å². The van der Waals surface area contributed by atoms with Crippen LogP contribution in [0.25, 0.3) is 0 Å². The average molecular weight is 262 g/mol. The van der Waals surface area contributed by atoms with Crippen molar-refractivity contribution in [1.29, 1.82) is 0 Å². The van der Waals surface area contributed by atoms with Gasteiger partial charge in [0.1, 0.15) is 11.4 Å². The molecule has 0 aromatic heterocycles. The first-order valence-electron chi connectivity index (χ1n) is 5.61. The summed E-state index contributed by atoms with van der Waals surface area (Å²) in [5.74, 6) is 0.279. The number of hydrogen-bond donors (Lipinski definition) is 1. The highest BCUT2D eigenvalue weighted by Gasteiger charge is 2.33. The van der Waals surface area contributed by atoms with Gasteiger partial charge < -0.3 is 9.84 Å². The molecule has 1 aromatic carbocycles. The van der Waals surface area contributed by atoms with E-state index in [0.29, 0.717) is 0 Å². The van der Waals surface area contributed by atoms with Gasteiger partial charge in [0.25, 0.3) is 0 Å². The third-order valence-corrected chi connectivity index (χ3v) is 2.12. The first-order valence-corrected chi connectivity index (χ1v) is 5.61. The molecule has 0 amide bonds. The van der Waals surface area contributed by atoms with Gasteiger partial charge in [-0.25, -0.2) is 0 Å². The Morgan fingerprint density at radius 2 is 1.72 bits per heavy atom. The molecule has 1 aromatic rings. The second-order valence-electron chi connectivity index (χ2n) is 5.09. The van der Waals surface area contributed by atoms with E-state index in [1.54, 1.807) is 39.0 Å². The summed E-state index contributed by atoms with van der Waals surface area (Å²) in [4.78, 5) is 0. The lowest BCUT2D eigenvalue weighted by Gasteiger charge is -2.25. The van der Waals surface area contributed by atoms with Gasteiger partial charge in [-0.15, -0.1) is 0 Å². The first-order chi connectivity index (χ1) is 8.08. The normalized spacial score (nSPS) is 14.4. The Morgan fingerprint density at radius 3 is 2.22 bits per heavy atom. The topological polar surface area (TPSA) is 29.5 Å². The van der Waals surface area contributed by atoms with Gasteiger partial charge in [0.2, 0.25) is 0 Å². The number of halogens is 3. The Bertz CT molecular complexity index is 394. The maximum Gasteiger partial charge on any atom is 0.391 e. The van der Waals surface area contributed by atoms with E-state index in [1.807, 2.05) is 0 Å². The molecule has 102 valence electrons. The number of aliphatic hydroxyl groups is 1. The molecule has 0 aliphatic rings. The maximum absolute atomic E-state index is 12.3. The zero-order valence-electron chi connectivity index (χ0n) is 10.6.